The molecule has 2 aromatic heterocycles. The first-order valence-corrected chi connectivity index (χ1v) is 14.3. The molecule has 0 aliphatic carbocycles. The molecule has 2 aliphatic rings. The topological polar surface area (TPSA) is 48.1 Å². The summed E-state index contributed by atoms with van der Waals surface area (Å²) in [5.74, 6) is 2.52. The molecule has 0 radical (unpaired) electrons. The zero-order valence-electron chi connectivity index (χ0n) is 23.9. The van der Waals surface area contributed by atoms with Gasteiger partial charge in [-0.25, -0.2) is 9.97 Å². The van der Waals surface area contributed by atoms with Crippen molar-refractivity contribution in [2.45, 2.75) is 73.3 Å². The van der Waals surface area contributed by atoms with Crippen molar-refractivity contribution in [3.63, 3.8) is 0 Å². The Morgan fingerprint density at radius 1 is 0.974 bits per heavy atom. The van der Waals surface area contributed by atoms with Crippen LogP contribution in [-0.2, 0) is 13.0 Å². The van der Waals surface area contributed by atoms with E-state index in [1.165, 1.54) is 51.9 Å². The van der Waals surface area contributed by atoms with Crippen LogP contribution in [0.15, 0.2) is 42.6 Å². The van der Waals surface area contributed by atoms with Crippen molar-refractivity contribution in [1.82, 2.24) is 15.0 Å². The number of aromatic nitrogens is 3. The van der Waals surface area contributed by atoms with Gasteiger partial charge in [-0.15, -0.1) is 0 Å². The molecule has 0 spiro atoms. The Bertz CT molecular complexity index is 1500. The van der Waals surface area contributed by atoms with E-state index in [9.17, 15) is 0 Å². The molecule has 1 N–H and O–H groups in total. The van der Waals surface area contributed by atoms with Crippen LogP contribution in [-0.4, -0.2) is 34.6 Å². The number of nitrogens with one attached hydrogen (secondary N) is 1. The van der Waals surface area contributed by atoms with Crippen LogP contribution in [0, 0.1) is 19.3 Å². The van der Waals surface area contributed by atoms with Gasteiger partial charge in [0.15, 0.2) is 5.82 Å². The molecular weight excluding hydrogens is 466 g/mol. The maximum atomic E-state index is 5.39. The van der Waals surface area contributed by atoms with Gasteiger partial charge >= 0.3 is 0 Å². The molecule has 4 heterocycles. The van der Waals surface area contributed by atoms with E-state index in [1.807, 2.05) is 0 Å². The summed E-state index contributed by atoms with van der Waals surface area (Å²) in [6.07, 6.45) is 5.49. The van der Waals surface area contributed by atoms with Gasteiger partial charge in [0.1, 0.15) is 5.82 Å². The van der Waals surface area contributed by atoms with Gasteiger partial charge in [0.05, 0.1) is 5.69 Å². The van der Waals surface area contributed by atoms with Gasteiger partial charge in [-0.2, -0.15) is 0 Å². The highest BCUT2D eigenvalue weighted by molar-refractivity contribution is 5.96. The molecule has 0 unspecified atom stereocenters. The first kappa shape index (κ1) is 25.0. The predicted octanol–water partition coefficient (Wildman–Crippen LogP) is 7.55. The Labute approximate surface area is 227 Å². The zero-order chi connectivity index (χ0) is 26.6. The van der Waals surface area contributed by atoms with E-state index in [1.54, 1.807) is 0 Å². The van der Waals surface area contributed by atoms with E-state index < -0.39 is 0 Å². The lowest BCUT2D eigenvalue weighted by atomic mass is 9.84. The molecule has 0 saturated carbocycles. The number of hydrogen-bond donors (Lipinski definition) is 1. The number of hydrogen-bond acceptors (Lipinski definition) is 4. The van der Waals surface area contributed by atoms with Crippen LogP contribution in [0.1, 0.15) is 74.4 Å². The summed E-state index contributed by atoms with van der Waals surface area (Å²) in [5.41, 5.74) is 10.4. The molecule has 1 fully saturated rings. The summed E-state index contributed by atoms with van der Waals surface area (Å²) in [7, 11) is 0. The monoisotopic (exact) mass is 507 g/mol. The largest absolute Gasteiger partial charge is 0.366 e. The fourth-order valence-corrected chi connectivity index (χ4v) is 6.46. The summed E-state index contributed by atoms with van der Waals surface area (Å²) in [4.78, 5) is 19.2. The van der Waals surface area contributed by atoms with E-state index in [4.69, 9.17) is 9.97 Å². The van der Waals surface area contributed by atoms with Gasteiger partial charge in [0.25, 0.3) is 0 Å². The summed E-state index contributed by atoms with van der Waals surface area (Å²) in [6, 6.07) is 13.4. The number of aryl methyl sites for hydroxylation is 2. The molecule has 38 heavy (non-hydrogen) atoms. The van der Waals surface area contributed by atoms with Gasteiger partial charge in [-0.3, -0.25) is 0 Å². The standard InChI is InChI=1S/C33H41N5/c1-21(2)24-12-11-22(3)29(17-24)37-16-13-27-26(19-37)32(38-15-8-14-33(5,6)20-38)36-31(35-27)25-9-7-10-28-30(25)23(4)18-34-28/h7,9-12,17-18,21,34H,8,13-16,19-20H2,1-6H3. The van der Waals surface area contributed by atoms with Crippen molar-refractivity contribution in [2.24, 2.45) is 5.41 Å². The van der Waals surface area contributed by atoms with Crippen molar-refractivity contribution in [1.29, 1.82) is 0 Å². The van der Waals surface area contributed by atoms with Gasteiger partial charge in [-0.05, 0) is 66.8 Å². The number of anilines is 2. The van der Waals surface area contributed by atoms with Crippen LogP contribution < -0.4 is 9.80 Å². The Balaban J connectivity index is 1.47. The van der Waals surface area contributed by atoms with E-state index in [0.29, 0.717) is 5.92 Å². The number of benzene rings is 2. The third-order valence-electron chi connectivity index (χ3n) is 8.62. The molecule has 2 aliphatic heterocycles. The first-order valence-electron chi connectivity index (χ1n) is 14.3. The lowest BCUT2D eigenvalue weighted by Gasteiger charge is -2.41. The molecule has 0 amide bonds. The molecule has 5 nitrogen and oxygen atoms in total. The van der Waals surface area contributed by atoms with Crippen molar-refractivity contribution < 1.29 is 0 Å². The number of aromatic amines is 1. The lowest BCUT2D eigenvalue weighted by Crippen LogP contribution is -2.42. The molecule has 4 aromatic rings. The van der Waals surface area contributed by atoms with E-state index >= 15 is 0 Å². The average Bonchev–Trinajstić information content (AvgIpc) is 3.28. The molecule has 0 bridgehead atoms. The van der Waals surface area contributed by atoms with Crippen LogP contribution in [0.4, 0.5) is 11.5 Å². The minimum absolute atomic E-state index is 0.282. The highest BCUT2D eigenvalue weighted by Crippen LogP contribution is 2.38. The molecule has 1 saturated heterocycles. The van der Waals surface area contributed by atoms with Crippen molar-refractivity contribution in [3.8, 4) is 11.4 Å². The quantitative estimate of drug-likeness (QED) is 0.310. The summed E-state index contributed by atoms with van der Waals surface area (Å²) < 4.78 is 0. The summed E-state index contributed by atoms with van der Waals surface area (Å²) in [6.45, 7) is 17.7. The van der Waals surface area contributed by atoms with Crippen molar-refractivity contribution in [3.05, 3.63) is 70.5 Å². The van der Waals surface area contributed by atoms with Crippen LogP contribution in [0.3, 0.4) is 0 Å². The third kappa shape index (κ3) is 4.46. The SMILES string of the molecule is Cc1ccc(C(C)C)cc1N1CCc2nc(-c3cccc4[nH]cc(C)c34)nc(N3CCCC(C)(C)C3)c2C1. The van der Waals surface area contributed by atoms with Crippen LogP contribution in [0.2, 0.25) is 0 Å². The lowest BCUT2D eigenvalue weighted by molar-refractivity contribution is 0.291. The number of rotatable bonds is 4. The minimum atomic E-state index is 0.282. The smallest absolute Gasteiger partial charge is 0.162 e. The molecule has 198 valence electrons. The molecule has 5 heteroatoms. The number of nitrogens with zero attached hydrogens (tertiary/aromatic N) is 4. The third-order valence-corrected chi connectivity index (χ3v) is 8.62. The summed E-state index contributed by atoms with van der Waals surface area (Å²) in [5, 5.41) is 1.23. The van der Waals surface area contributed by atoms with E-state index in [0.717, 1.165) is 55.3 Å². The van der Waals surface area contributed by atoms with Gasteiger partial charge in [-0.1, -0.05) is 52.0 Å². The van der Waals surface area contributed by atoms with E-state index in [2.05, 4.69) is 98.9 Å². The molecule has 2 aromatic carbocycles. The second kappa shape index (κ2) is 9.44. The van der Waals surface area contributed by atoms with Gasteiger partial charge in [0, 0.05) is 66.5 Å². The molecule has 6 rings (SSSR count). The number of H-pyrrole nitrogens is 1. The maximum absolute atomic E-state index is 5.39. The van der Waals surface area contributed by atoms with Gasteiger partial charge in [0.2, 0.25) is 0 Å². The second-order valence-electron chi connectivity index (χ2n) is 12.6. The van der Waals surface area contributed by atoms with Gasteiger partial charge < -0.3 is 14.8 Å². The second-order valence-corrected chi connectivity index (χ2v) is 12.6. The number of fused-ring (bicyclic) bond motifs is 2. The van der Waals surface area contributed by atoms with Crippen molar-refractivity contribution in [2.75, 3.05) is 29.4 Å². The minimum Gasteiger partial charge on any atom is -0.366 e. The fraction of sp³-hybridized carbons (Fsp3) is 0.455. The number of piperidine rings is 1. The zero-order valence-corrected chi connectivity index (χ0v) is 23.9. The maximum Gasteiger partial charge on any atom is 0.162 e. The molecule has 0 atom stereocenters. The fourth-order valence-electron chi connectivity index (χ4n) is 6.46. The summed E-state index contributed by atoms with van der Waals surface area (Å²) >= 11 is 0. The Morgan fingerprint density at radius 3 is 2.61 bits per heavy atom. The highest BCUT2D eigenvalue weighted by atomic mass is 15.2. The predicted molar refractivity (Wildman–Crippen MR) is 159 cm³/mol. The normalized spacial score (nSPS) is 17.3. The Kier molecular flexibility index (Phi) is 6.20. The van der Waals surface area contributed by atoms with Crippen LogP contribution >= 0.6 is 0 Å². The Morgan fingerprint density at radius 2 is 1.82 bits per heavy atom. The highest BCUT2D eigenvalue weighted by Gasteiger charge is 2.32. The molecular formula is C33H41N5. The average molecular weight is 508 g/mol. The van der Waals surface area contributed by atoms with Crippen LogP contribution in [0.25, 0.3) is 22.3 Å². The van der Waals surface area contributed by atoms with Crippen molar-refractivity contribution >= 4 is 22.4 Å². The van der Waals surface area contributed by atoms with Crippen LogP contribution in [0.5, 0.6) is 0 Å². The Hall–Kier alpha value is -3.34. The van der Waals surface area contributed by atoms with E-state index in [-0.39, 0.29) is 5.41 Å². The first-order chi connectivity index (χ1) is 18.2.